The average molecular weight is 571 g/mol. The highest BCUT2D eigenvalue weighted by molar-refractivity contribution is 7.92. The van der Waals surface area contributed by atoms with Crippen LogP contribution >= 0.6 is 23.2 Å². The van der Waals surface area contributed by atoms with Crippen LogP contribution in [0.5, 0.6) is 0 Å². The van der Waals surface area contributed by atoms with E-state index < -0.39 is 16.1 Å². The van der Waals surface area contributed by atoms with Crippen LogP contribution in [0.15, 0.2) is 36.4 Å². The molecule has 0 heterocycles. The molecule has 2 rings (SSSR count). The summed E-state index contributed by atoms with van der Waals surface area (Å²) in [6.07, 6.45) is 2.28. The Hall–Kier alpha value is -2.29. The number of sulfonamides is 1. The number of halogens is 2. The van der Waals surface area contributed by atoms with Gasteiger partial charge in [0.2, 0.25) is 21.8 Å². The molecule has 0 fully saturated rings. The van der Waals surface area contributed by atoms with Gasteiger partial charge >= 0.3 is 0 Å². The van der Waals surface area contributed by atoms with Gasteiger partial charge < -0.3 is 10.2 Å². The van der Waals surface area contributed by atoms with Crippen molar-refractivity contribution < 1.29 is 18.0 Å². The molecule has 0 radical (unpaired) electrons. The normalized spacial score (nSPS) is 13.1. The summed E-state index contributed by atoms with van der Waals surface area (Å²) in [6, 6.07) is 9.93. The molecule has 2 aromatic rings. The number of amides is 2. The lowest BCUT2D eigenvalue weighted by Crippen LogP contribution is -2.49. The van der Waals surface area contributed by atoms with Crippen molar-refractivity contribution in [3.8, 4) is 0 Å². The first kappa shape index (κ1) is 30.9. The summed E-state index contributed by atoms with van der Waals surface area (Å²) in [5, 5.41) is 3.69. The topological polar surface area (TPSA) is 86.8 Å². The smallest absolute Gasteiger partial charge is 0.242 e. The van der Waals surface area contributed by atoms with Crippen LogP contribution in [0.3, 0.4) is 0 Å². The van der Waals surface area contributed by atoms with Gasteiger partial charge in [0, 0.05) is 25.6 Å². The van der Waals surface area contributed by atoms with E-state index in [1.165, 1.54) is 9.21 Å². The monoisotopic (exact) mass is 569 g/mol. The third kappa shape index (κ3) is 9.20. The molecule has 0 aliphatic heterocycles. The van der Waals surface area contributed by atoms with Crippen LogP contribution in [0.1, 0.15) is 56.7 Å². The summed E-state index contributed by atoms with van der Waals surface area (Å²) in [5.74, 6) is -0.512. The number of carbonyl (C=O) groups is 2. The van der Waals surface area contributed by atoms with E-state index in [4.69, 9.17) is 23.2 Å². The largest absolute Gasteiger partial charge is 0.352 e. The molecule has 0 saturated carbocycles. The van der Waals surface area contributed by atoms with E-state index in [2.05, 4.69) is 5.32 Å². The molecule has 1 N–H and O–H groups in total. The first-order valence-corrected chi connectivity index (χ1v) is 14.9. The van der Waals surface area contributed by atoms with Gasteiger partial charge in [0.1, 0.15) is 6.04 Å². The molecule has 0 spiro atoms. The average Bonchev–Trinajstić information content (AvgIpc) is 2.80. The lowest BCUT2D eigenvalue weighted by atomic mass is 10.1. The SMILES string of the molecule is CC[C@H](C)NC(=O)[C@@H](C)N(Cc1ccc(Cl)c(Cl)c1)C(=O)CCCN(c1cc(C)cc(C)c1)S(C)(=O)=O. The fraction of sp³-hybridized carbons (Fsp3) is 0.481. The highest BCUT2D eigenvalue weighted by atomic mass is 35.5. The maximum absolute atomic E-state index is 13.4. The van der Waals surface area contributed by atoms with Gasteiger partial charge in [-0.25, -0.2) is 8.42 Å². The maximum atomic E-state index is 13.4. The molecule has 2 atom stereocenters. The summed E-state index contributed by atoms with van der Waals surface area (Å²) in [6.45, 7) is 9.69. The Morgan fingerprint density at radius 1 is 1.00 bits per heavy atom. The number of hydrogen-bond acceptors (Lipinski definition) is 4. The second kappa shape index (κ2) is 13.5. The molecular weight excluding hydrogens is 533 g/mol. The number of anilines is 1. The predicted molar refractivity (Wildman–Crippen MR) is 152 cm³/mol. The molecular formula is C27H37Cl2N3O4S. The van der Waals surface area contributed by atoms with Crippen molar-refractivity contribution in [1.82, 2.24) is 10.2 Å². The van der Waals surface area contributed by atoms with Gasteiger partial charge in [-0.3, -0.25) is 13.9 Å². The standard InChI is InChI=1S/C27H37Cl2N3O4S/c1-7-20(4)30-27(34)21(5)31(17-22-10-11-24(28)25(29)16-22)26(33)9-8-12-32(37(6,35)36)23-14-18(2)13-19(3)15-23/h10-11,13-16,20-21H,7-9,12,17H2,1-6H3,(H,30,34)/t20-,21+/m0/s1. The fourth-order valence-corrected chi connectivity index (χ4v) is 5.25. The van der Waals surface area contributed by atoms with Crippen LogP contribution in [-0.4, -0.2) is 50.0 Å². The van der Waals surface area contributed by atoms with E-state index in [9.17, 15) is 18.0 Å². The van der Waals surface area contributed by atoms with Gasteiger partial charge in [-0.2, -0.15) is 0 Å². The molecule has 7 nitrogen and oxygen atoms in total. The second-order valence-electron chi connectivity index (χ2n) is 9.55. The van der Waals surface area contributed by atoms with Crippen LogP contribution in [-0.2, 0) is 26.2 Å². The molecule has 37 heavy (non-hydrogen) atoms. The van der Waals surface area contributed by atoms with Gasteiger partial charge in [0.05, 0.1) is 22.0 Å². The fourth-order valence-electron chi connectivity index (χ4n) is 3.98. The van der Waals surface area contributed by atoms with Crippen molar-refractivity contribution in [3.05, 3.63) is 63.1 Å². The summed E-state index contributed by atoms with van der Waals surface area (Å²) < 4.78 is 26.4. The summed E-state index contributed by atoms with van der Waals surface area (Å²) in [5.41, 5.74) is 3.21. The number of aryl methyl sites for hydroxylation is 2. The molecule has 0 saturated heterocycles. The molecule has 10 heteroatoms. The minimum atomic E-state index is -3.56. The van der Waals surface area contributed by atoms with Crippen molar-refractivity contribution in [1.29, 1.82) is 0 Å². The first-order chi connectivity index (χ1) is 17.2. The predicted octanol–water partition coefficient (Wildman–Crippen LogP) is 5.49. The van der Waals surface area contributed by atoms with E-state index in [-0.39, 0.29) is 43.8 Å². The van der Waals surface area contributed by atoms with E-state index in [0.29, 0.717) is 15.7 Å². The zero-order valence-corrected chi connectivity index (χ0v) is 24.7. The second-order valence-corrected chi connectivity index (χ2v) is 12.3. The highest BCUT2D eigenvalue weighted by Gasteiger charge is 2.27. The third-order valence-corrected chi connectivity index (χ3v) is 8.08. The summed E-state index contributed by atoms with van der Waals surface area (Å²) >= 11 is 12.2. The number of carbonyl (C=O) groups excluding carboxylic acids is 2. The molecule has 0 aromatic heterocycles. The van der Waals surface area contributed by atoms with E-state index >= 15 is 0 Å². The maximum Gasteiger partial charge on any atom is 0.242 e. The van der Waals surface area contributed by atoms with Crippen LogP contribution < -0.4 is 9.62 Å². The first-order valence-electron chi connectivity index (χ1n) is 12.3. The minimum Gasteiger partial charge on any atom is -0.352 e. The molecule has 2 amide bonds. The van der Waals surface area contributed by atoms with Crippen LogP contribution in [0.4, 0.5) is 5.69 Å². The number of nitrogens with one attached hydrogen (secondary N) is 1. The van der Waals surface area contributed by atoms with Gasteiger partial charge in [-0.05, 0) is 81.5 Å². The van der Waals surface area contributed by atoms with E-state index in [0.717, 1.165) is 29.4 Å². The Morgan fingerprint density at radius 2 is 1.62 bits per heavy atom. The Morgan fingerprint density at radius 3 is 2.16 bits per heavy atom. The van der Waals surface area contributed by atoms with Gasteiger partial charge in [0.25, 0.3) is 0 Å². The Labute approximate surface area is 231 Å². The van der Waals surface area contributed by atoms with Gasteiger partial charge in [-0.15, -0.1) is 0 Å². The van der Waals surface area contributed by atoms with E-state index in [1.807, 2.05) is 45.9 Å². The molecule has 2 aromatic carbocycles. The van der Waals surface area contributed by atoms with Gasteiger partial charge in [-0.1, -0.05) is 42.3 Å². The highest BCUT2D eigenvalue weighted by Crippen LogP contribution is 2.25. The zero-order valence-electron chi connectivity index (χ0n) is 22.3. The van der Waals surface area contributed by atoms with Crippen molar-refractivity contribution in [2.75, 3.05) is 17.1 Å². The van der Waals surface area contributed by atoms with Crippen LogP contribution in [0, 0.1) is 13.8 Å². The zero-order chi connectivity index (χ0) is 27.9. The number of nitrogens with zero attached hydrogens (tertiary/aromatic N) is 2. The Bertz CT molecular complexity index is 1200. The van der Waals surface area contributed by atoms with Gasteiger partial charge in [0.15, 0.2) is 0 Å². The Kier molecular flexibility index (Phi) is 11.3. The molecule has 204 valence electrons. The molecule has 0 bridgehead atoms. The number of rotatable bonds is 12. The summed E-state index contributed by atoms with van der Waals surface area (Å²) in [4.78, 5) is 27.8. The molecule has 0 aliphatic rings. The number of benzene rings is 2. The molecule has 0 unspecified atom stereocenters. The summed E-state index contributed by atoms with van der Waals surface area (Å²) in [7, 11) is -3.56. The lowest BCUT2D eigenvalue weighted by molar-refractivity contribution is -0.140. The van der Waals surface area contributed by atoms with Crippen molar-refractivity contribution in [3.63, 3.8) is 0 Å². The van der Waals surface area contributed by atoms with Crippen molar-refractivity contribution in [2.45, 2.75) is 72.5 Å². The quantitative estimate of drug-likeness (QED) is 0.366. The lowest BCUT2D eigenvalue weighted by Gasteiger charge is -2.30. The van der Waals surface area contributed by atoms with E-state index in [1.54, 1.807) is 25.1 Å². The third-order valence-electron chi connectivity index (χ3n) is 6.15. The Balaban J connectivity index is 2.23. The molecule has 0 aliphatic carbocycles. The number of hydrogen-bond donors (Lipinski definition) is 1. The van der Waals surface area contributed by atoms with Crippen LogP contribution in [0.2, 0.25) is 10.0 Å². The van der Waals surface area contributed by atoms with Crippen LogP contribution in [0.25, 0.3) is 0 Å². The minimum absolute atomic E-state index is 0.0296. The van der Waals surface area contributed by atoms with Crippen molar-refractivity contribution >= 4 is 50.7 Å². The van der Waals surface area contributed by atoms with Crippen molar-refractivity contribution in [2.24, 2.45) is 0 Å².